The molecule has 9 aromatic rings. The maximum absolute atomic E-state index is 9.08. The predicted octanol–water partition coefficient (Wildman–Crippen LogP) is 10.3. The summed E-state index contributed by atoms with van der Waals surface area (Å²) >= 11 is 1.67. The van der Waals surface area contributed by atoms with E-state index in [1.165, 1.54) is 0 Å². The zero-order valence-electron chi connectivity index (χ0n) is 31.9. The molecule has 0 aliphatic carbocycles. The van der Waals surface area contributed by atoms with Crippen molar-refractivity contribution < 1.29 is 12.3 Å². The van der Waals surface area contributed by atoms with Crippen molar-refractivity contribution in [2.75, 3.05) is 0 Å². The molecule has 5 heteroatoms. The summed E-state index contributed by atoms with van der Waals surface area (Å²) in [7, 11) is 0. The number of fused-ring (bicyclic) bond motifs is 6. The molecule has 0 atom stereocenters. The van der Waals surface area contributed by atoms with E-state index in [2.05, 4.69) is 12.1 Å². The summed E-state index contributed by atoms with van der Waals surface area (Å²) in [5.41, 5.74) is 2.27. The fraction of sp³-hybridized carbons (Fsp3) is 0. The van der Waals surface area contributed by atoms with Crippen molar-refractivity contribution in [1.82, 2.24) is 19.5 Å². The fourth-order valence-corrected chi connectivity index (χ4v) is 6.80. The number of benzene rings is 6. The highest BCUT2D eigenvalue weighted by atomic mass is 32.1. The Morgan fingerprint density at radius 2 is 1.20 bits per heavy atom. The van der Waals surface area contributed by atoms with Crippen LogP contribution < -0.4 is 0 Å². The highest BCUT2D eigenvalue weighted by Gasteiger charge is 2.18. The van der Waals surface area contributed by atoms with Crippen LogP contribution in [0.5, 0.6) is 0 Å². The van der Waals surface area contributed by atoms with Crippen LogP contribution in [0.3, 0.4) is 0 Å². The molecule has 3 aromatic heterocycles. The Kier molecular flexibility index (Phi) is 3.96. The van der Waals surface area contributed by atoms with Crippen LogP contribution in [-0.4, -0.2) is 19.5 Å². The molecule has 44 heavy (non-hydrogen) atoms. The lowest BCUT2D eigenvalue weighted by atomic mass is 10.0. The minimum Gasteiger partial charge on any atom is -0.278 e. The number of para-hydroxylation sites is 1. The van der Waals surface area contributed by atoms with Crippen LogP contribution in [0.2, 0.25) is 0 Å². The molecule has 206 valence electrons. The number of hydrogen-bond donors (Lipinski definition) is 0. The second kappa shape index (κ2) is 9.97. The average Bonchev–Trinajstić information content (AvgIpc) is 3.73. The molecule has 0 aliphatic heterocycles. The summed E-state index contributed by atoms with van der Waals surface area (Å²) in [6.45, 7) is 0. The van der Waals surface area contributed by atoms with Crippen molar-refractivity contribution in [3.8, 4) is 39.9 Å². The molecule has 9 rings (SSSR count). The van der Waals surface area contributed by atoms with Crippen molar-refractivity contribution in [3.05, 3.63) is 145 Å². The Labute approximate surface area is 270 Å². The van der Waals surface area contributed by atoms with E-state index in [1.54, 1.807) is 34.1 Å². The van der Waals surface area contributed by atoms with E-state index in [4.69, 9.17) is 27.3 Å². The Bertz CT molecular complexity index is 2990. The lowest BCUT2D eigenvalue weighted by molar-refractivity contribution is 0.954. The summed E-state index contributed by atoms with van der Waals surface area (Å²) in [5.74, 6) is 0.833. The molecule has 0 saturated carbocycles. The predicted molar refractivity (Wildman–Crippen MR) is 183 cm³/mol. The second-order valence-electron chi connectivity index (χ2n) is 10.2. The highest BCUT2D eigenvalue weighted by molar-refractivity contribution is 7.25. The molecule has 0 spiro atoms. The smallest absolute Gasteiger partial charge is 0.238 e. The lowest BCUT2D eigenvalue weighted by Crippen LogP contribution is -2.06. The van der Waals surface area contributed by atoms with Crippen LogP contribution in [0.15, 0.2) is 145 Å². The Morgan fingerprint density at radius 1 is 0.477 bits per heavy atom. The van der Waals surface area contributed by atoms with Gasteiger partial charge in [0.1, 0.15) is 0 Å². The highest BCUT2D eigenvalue weighted by Crippen LogP contribution is 2.37. The molecule has 0 radical (unpaired) electrons. The molecule has 0 aliphatic rings. The molecule has 0 N–H and O–H groups in total. The molecule has 0 bridgehead atoms. The van der Waals surface area contributed by atoms with E-state index in [0.29, 0.717) is 33.7 Å². The first kappa shape index (κ1) is 17.5. The van der Waals surface area contributed by atoms with Gasteiger partial charge in [-0.1, -0.05) is 115 Å². The topological polar surface area (TPSA) is 43.6 Å². The SMILES string of the molecule is [2H]c1c([2H])c([2H])c(-c2ccc3c(c2)c2c([2H])c([2H])c([2H])c([2H])c2n3-c2nc(-c3ccccc3)nc(-c3ccc4c(c3)sc3ccccc34)n2)c([2H])c1[2H]. The minimum atomic E-state index is -0.512. The molecular formula is C39H24N4S. The van der Waals surface area contributed by atoms with E-state index in [0.717, 1.165) is 25.7 Å². The van der Waals surface area contributed by atoms with Crippen LogP contribution in [-0.2, 0) is 0 Å². The third-order valence-corrected chi connectivity index (χ3v) is 8.81. The number of nitrogens with zero attached hydrogens (tertiary/aromatic N) is 4. The minimum absolute atomic E-state index is 0.0231. The van der Waals surface area contributed by atoms with Crippen LogP contribution in [0, 0.1) is 0 Å². The van der Waals surface area contributed by atoms with Crippen molar-refractivity contribution in [2.24, 2.45) is 0 Å². The van der Waals surface area contributed by atoms with Gasteiger partial charge in [0.2, 0.25) is 5.95 Å². The van der Waals surface area contributed by atoms with E-state index < -0.39 is 30.2 Å². The van der Waals surface area contributed by atoms with Gasteiger partial charge in [0.25, 0.3) is 0 Å². The van der Waals surface area contributed by atoms with Gasteiger partial charge in [0.15, 0.2) is 11.6 Å². The molecule has 4 nitrogen and oxygen atoms in total. The standard InChI is InChI=1S/C39H24N4S/c1-3-11-25(12-4-1)27-20-22-34-32(23-27)29-15-7-9-17-33(29)43(34)39-41-37(26-13-5-2-6-14-26)40-38(42-39)28-19-21-31-30-16-8-10-18-35(30)44-36(31)24-28/h1-24H/i1D,3D,4D,7D,9D,11D,12D,15D,17D. The number of rotatable bonds is 4. The van der Waals surface area contributed by atoms with Crippen molar-refractivity contribution in [2.45, 2.75) is 0 Å². The van der Waals surface area contributed by atoms with E-state index >= 15 is 0 Å². The van der Waals surface area contributed by atoms with Gasteiger partial charge in [-0.3, -0.25) is 4.57 Å². The van der Waals surface area contributed by atoms with Gasteiger partial charge in [-0.05, 0) is 41.4 Å². The molecule has 0 fully saturated rings. The maximum atomic E-state index is 9.08. The van der Waals surface area contributed by atoms with Gasteiger partial charge >= 0.3 is 0 Å². The monoisotopic (exact) mass is 589 g/mol. The van der Waals surface area contributed by atoms with Crippen molar-refractivity contribution in [3.63, 3.8) is 0 Å². The van der Waals surface area contributed by atoms with Gasteiger partial charge in [-0.25, -0.2) is 4.98 Å². The quantitative estimate of drug-likeness (QED) is 0.205. The zero-order chi connectivity index (χ0) is 36.9. The molecule has 3 heterocycles. The number of hydrogen-bond acceptors (Lipinski definition) is 4. The number of thiophene rings is 1. The third kappa shape index (κ3) is 4.02. The zero-order valence-corrected chi connectivity index (χ0v) is 23.7. The molecule has 0 amide bonds. The van der Waals surface area contributed by atoms with E-state index in [-0.39, 0.29) is 46.6 Å². The normalized spacial score (nSPS) is 14.5. The first-order valence-electron chi connectivity index (χ1n) is 18.4. The second-order valence-corrected chi connectivity index (χ2v) is 11.3. The first-order valence-corrected chi connectivity index (χ1v) is 14.7. The fourth-order valence-electron chi connectivity index (χ4n) is 5.65. The van der Waals surface area contributed by atoms with Gasteiger partial charge in [-0.15, -0.1) is 11.3 Å². The van der Waals surface area contributed by atoms with Crippen LogP contribution in [0.4, 0.5) is 0 Å². The van der Waals surface area contributed by atoms with Crippen molar-refractivity contribution >= 4 is 53.3 Å². The largest absolute Gasteiger partial charge is 0.278 e. The molecule has 6 aromatic carbocycles. The van der Waals surface area contributed by atoms with Gasteiger partial charge < -0.3 is 0 Å². The summed E-state index contributed by atoms with van der Waals surface area (Å²) in [4.78, 5) is 14.8. The molecule has 0 unspecified atom stereocenters. The summed E-state index contributed by atoms with van der Waals surface area (Å²) in [6.07, 6.45) is 0. The van der Waals surface area contributed by atoms with Crippen LogP contribution in [0.25, 0.3) is 81.8 Å². The van der Waals surface area contributed by atoms with E-state index in [1.807, 2.05) is 60.7 Å². The third-order valence-electron chi connectivity index (χ3n) is 7.68. The van der Waals surface area contributed by atoms with Crippen molar-refractivity contribution in [1.29, 1.82) is 0 Å². The summed E-state index contributed by atoms with van der Waals surface area (Å²) < 4.78 is 80.7. The van der Waals surface area contributed by atoms with Gasteiger partial charge in [0.05, 0.1) is 23.4 Å². The summed E-state index contributed by atoms with van der Waals surface area (Å²) in [6, 6.07) is 24.8. The van der Waals surface area contributed by atoms with Crippen LogP contribution in [0.1, 0.15) is 12.3 Å². The maximum Gasteiger partial charge on any atom is 0.238 e. The number of aromatic nitrogens is 4. The van der Waals surface area contributed by atoms with Crippen LogP contribution >= 0.6 is 11.3 Å². The Morgan fingerprint density at radius 3 is 2.09 bits per heavy atom. The lowest BCUT2D eigenvalue weighted by Gasteiger charge is -2.11. The Hall–Kier alpha value is -5.65. The average molecular weight is 590 g/mol. The van der Waals surface area contributed by atoms with E-state index in [9.17, 15) is 0 Å². The Balaban J connectivity index is 1.36. The molecule has 0 saturated heterocycles. The van der Waals surface area contributed by atoms with Gasteiger partial charge in [0, 0.05) is 42.1 Å². The summed E-state index contributed by atoms with van der Waals surface area (Å²) in [5, 5.41) is 2.81. The first-order chi connectivity index (χ1) is 25.5. The van der Waals surface area contributed by atoms with Gasteiger partial charge in [-0.2, -0.15) is 9.97 Å². The molecular weight excluding hydrogens is 557 g/mol.